The van der Waals surface area contributed by atoms with Crippen molar-refractivity contribution in [3.63, 3.8) is 0 Å². The molecule has 1 saturated heterocycles. The van der Waals surface area contributed by atoms with Crippen molar-refractivity contribution in [2.45, 2.75) is 144 Å². The van der Waals surface area contributed by atoms with Gasteiger partial charge in [-0.2, -0.15) is 0 Å². The highest BCUT2D eigenvalue weighted by Crippen LogP contribution is 2.63. The zero-order valence-corrected chi connectivity index (χ0v) is 54.8. The minimum atomic E-state index is -1.48. The molecule has 28 heteroatoms. The number of hydrogen-bond acceptors (Lipinski definition) is 23. The van der Waals surface area contributed by atoms with E-state index in [0.29, 0.717) is 45.4 Å². The molecule has 0 aromatic carbocycles. The molecule has 5 aliphatic rings. The van der Waals surface area contributed by atoms with E-state index in [1.807, 2.05) is 61.5 Å². The van der Waals surface area contributed by atoms with E-state index in [-0.39, 0.29) is 103 Å². The number of urea groups is 1. The maximum Gasteiger partial charge on any atom is 0.323 e. The topological polar surface area (TPSA) is 381 Å². The first-order valence-corrected chi connectivity index (χ1v) is 30.3. The molecule has 28 nitrogen and oxygen atoms in total. The van der Waals surface area contributed by atoms with Gasteiger partial charge in [0, 0.05) is 125 Å². The number of allylic oxidation sites excluding steroid dienone is 6. The molecular weight excluding hydrogens is 1190 g/mol. The number of nitrogens with one attached hydrogen (secondary N) is 2. The maximum atomic E-state index is 14.2. The summed E-state index contributed by atoms with van der Waals surface area (Å²) >= 11 is 0. The Kier molecular flexibility index (Phi) is 25.0. The number of ether oxygens (including phenoxy) is 7. The van der Waals surface area contributed by atoms with Gasteiger partial charge in [-0.25, -0.2) is 4.79 Å². The van der Waals surface area contributed by atoms with Crippen LogP contribution in [0.1, 0.15) is 132 Å². The number of nitrogens with zero attached hydrogens (tertiary/aromatic N) is 5. The van der Waals surface area contributed by atoms with E-state index < -0.39 is 142 Å². The van der Waals surface area contributed by atoms with Crippen molar-refractivity contribution < 1.29 is 101 Å². The summed E-state index contributed by atoms with van der Waals surface area (Å²) in [6, 6.07) is -1.89. The summed E-state index contributed by atoms with van der Waals surface area (Å²) in [5.41, 5.74) is -1.53. The molecule has 5 heterocycles. The molecule has 1 fully saturated rings. The molecule has 0 aromatic heterocycles. The minimum Gasteiger partial charge on any atom is -0.480 e. The number of carboxylic acid groups (broad SMARTS) is 3. The van der Waals surface area contributed by atoms with Crippen LogP contribution < -0.4 is 10.6 Å². The van der Waals surface area contributed by atoms with Crippen LogP contribution in [0.4, 0.5) is 4.79 Å². The number of rotatable bonds is 31. The van der Waals surface area contributed by atoms with Gasteiger partial charge in [-0.15, -0.1) is 0 Å². The summed E-state index contributed by atoms with van der Waals surface area (Å²) in [7, 11) is 7.65. The van der Waals surface area contributed by atoms with Crippen molar-refractivity contribution in [2.75, 3.05) is 88.5 Å². The van der Waals surface area contributed by atoms with Crippen LogP contribution in [0.5, 0.6) is 0 Å². The molecule has 0 aromatic rings. The number of aliphatic imine (C=N–C) groups is 3. The molecule has 91 heavy (non-hydrogen) atoms. The monoisotopic (exact) mass is 1280 g/mol. The van der Waals surface area contributed by atoms with Crippen LogP contribution in [0.3, 0.4) is 0 Å². The third-order valence-electron chi connectivity index (χ3n) is 19.6. The average molecular weight is 1280 g/mol. The van der Waals surface area contributed by atoms with Gasteiger partial charge >= 0.3 is 65.7 Å². The molecule has 0 aliphatic carbocycles. The molecule has 0 saturated carbocycles. The molecule has 0 spiro atoms. The van der Waals surface area contributed by atoms with E-state index in [1.165, 1.54) is 42.7 Å². The second-order valence-corrected chi connectivity index (χ2v) is 25.3. The molecule has 8 bridgehead atoms. The Morgan fingerprint density at radius 3 is 1.65 bits per heavy atom. The SMILES string of the molecule is COC(=O)CC[C@@H]1/C2=C(\C)C3=NC([C@H](CC(=O)OC)[C@@]3(C)CCC(=O)OC)[C@]3(C)N=C(/C(C)=C4\N/C(=C\C(=N2)C1(C)C)[C@@H](CCC(=O)OC)[C@]4(C)CCC(=O)OCCNC(=O)N(CCN(CC(=O)O)CC(=O)O)CC(=O)O)[C@@H](CCC(=O)OC)[C@]3(C)CC(=O)OC. The molecule has 504 valence electrons. The number of aliphatic carboxylic acids is 3. The fourth-order valence-electron chi connectivity index (χ4n) is 14.2. The van der Waals surface area contributed by atoms with Crippen molar-refractivity contribution in [3.05, 3.63) is 34.3 Å². The highest BCUT2D eigenvalue weighted by molar-refractivity contribution is 6.10. The Morgan fingerprint density at radius 1 is 0.604 bits per heavy atom. The van der Waals surface area contributed by atoms with Gasteiger partial charge in [0.15, 0.2) is 0 Å². The molecule has 0 radical (unpaired) electrons. The van der Waals surface area contributed by atoms with Crippen molar-refractivity contribution in [1.82, 2.24) is 20.4 Å². The molecule has 5 rings (SSSR count). The Balaban J connectivity index is 1.78. The highest BCUT2D eigenvalue weighted by Gasteiger charge is 2.67. The smallest absolute Gasteiger partial charge is 0.323 e. The molecule has 5 N–H and O–H groups in total. The van der Waals surface area contributed by atoms with Gasteiger partial charge < -0.3 is 64.0 Å². The number of amides is 2. The second-order valence-electron chi connectivity index (χ2n) is 25.3. The minimum absolute atomic E-state index is 0.00412. The van der Waals surface area contributed by atoms with Crippen LogP contribution in [0.15, 0.2) is 49.3 Å². The van der Waals surface area contributed by atoms with Gasteiger partial charge in [-0.05, 0) is 70.1 Å². The fourth-order valence-corrected chi connectivity index (χ4v) is 14.2. The zero-order chi connectivity index (χ0) is 68.1. The first kappa shape index (κ1) is 73.7. The van der Waals surface area contributed by atoms with E-state index in [0.717, 1.165) is 9.80 Å². The van der Waals surface area contributed by atoms with Crippen molar-refractivity contribution in [1.29, 1.82) is 0 Å². The van der Waals surface area contributed by atoms with E-state index in [4.69, 9.17) is 48.1 Å². The van der Waals surface area contributed by atoms with E-state index in [9.17, 15) is 68.1 Å². The largest absolute Gasteiger partial charge is 0.480 e. The Hall–Kier alpha value is -8.04. The number of carbonyl (C=O) groups excluding carboxylic acids is 8. The third-order valence-corrected chi connectivity index (χ3v) is 19.6. The number of hydrogen-bond donors (Lipinski definition) is 5. The van der Waals surface area contributed by atoms with Gasteiger partial charge in [0.1, 0.15) is 13.2 Å². The predicted molar refractivity (Wildman–Crippen MR) is 326 cm³/mol. The van der Waals surface area contributed by atoms with Crippen LogP contribution in [0, 0.1) is 45.3 Å². The summed E-state index contributed by atoms with van der Waals surface area (Å²) in [6.45, 7) is 11.8. The number of esters is 7. The van der Waals surface area contributed by atoms with Crippen LogP contribution >= 0.6 is 0 Å². The van der Waals surface area contributed by atoms with Gasteiger partial charge in [-0.1, -0.05) is 34.6 Å². The summed E-state index contributed by atoms with van der Waals surface area (Å²) in [4.78, 5) is 162. The standard InChI is InChI=1S/C63H91N7O21/c1-35-53-38(16-19-47(78)86-10)59(3,4)42(66-53)30-41-37(15-18-46(77)85-9)60(5,24-22-50(81)91-28-25-64-58(84)70(34-45(75)76)27-26-69(32-43(71)72)33-44(73)74)55(65-41)36(2)54-39(17-20-48(79)87-11)62(7,31-52(83)90-14)63(8,68-54)57-40(29-51(82)89-13)61(6,56(35)67-57)23-21-49(80)88-12/h30,37-40,57,65H,15-29,31-34H2,1-14H3,(H,64,84)(H,71,72)(H,73,74)(H,75,76)/b41-30-,53-35-,55-36-/t37-,38-,39-,40+,57?,60+,61-,62+,63+/m1/s1. The first-order valence-electron chi connectivity index (χ1n) is 30.3. The number of fused-ring (bicyclic) bond motifs is 6. The Morgan fingerprint density at radius 2 is 1.11 bits per heavy atom. The lowest BCUT2D eigenvalue weighted by molar-refractivity contribution is -0.147. The van der Waals surface area contributed by atoms with Crippen LogP contribution in [0.25, 0.3) is 0 Å². The van der Waals surface area contributed by atoms with E-state index in [2.05, 4.69) is 10.6 Å². The number of carboxylic acids is 3. The summed E-state index contributed by atoms with van der Waals surface area (Å²) in [5.74, 6) is -10.7. The normalized spacial score (nSPS) is 28.3. The van der Waals surface area contributed by atoms with E-state index in [1.54, 1.807) is 0 Å². The number of carbonyl (C=O) groups is 11. The molecular formula is C63H91N7O21. The first-order chi connectivity index (χ1) is 42.7. The van der Waals surface area contributed by atoms with E-state index >= 15 is 0 Å². The van der Waals surface area contributed by atoms with Crippen LogP contribution in [0.2, 0.25) is 0 Å². The summed E-state index contributed by atoms with van der Waals surface area (Å²) in [5, 5.41) is 34.4. The number of methoxy groups -OCH3 is 6. The Labute approximate surface area is 530 Å². The van der Waals surface area contributed by atoms with Crippen LogP contribution in [-0.4, -0.2) is 208 Å². The van der Waals surface area contributed by atoms with Crippen LogP contribution in [-0.2, 0) is 81.1 Å². The Bertz CT molecular complexity index is 3040. The molecule has 5 aliphatic heterocycles. The molecule has 1 unspecified atom stereocenters. The van der Waals surface area contributed by atoms with Gasteiger partial charge in [0.2, 0.25) is 0 Å². The average Bonchev–Trinajstić information content (AvgIpc) is 1.53. The van der Waals surface area contributed by atoms with Gasteiger partial charge in [0.25, 0.3) is 0 Å². The fraction of sp³-hybridized carbons (Fsp3) is 0.683. The third kappa shape index (κ3) is 16.5. The van der Waals surface area contributed by atoms with Crippen molar-refractivity contribution in [2.24, 2.45) is 60.3 Å². The highest BCUT2D eigenvalue weighted by atomic mass is 16.5. The second kappa shape index (κ2) is 30.9. The van der Waals surface area contributed by atoms with Crippen molar-refractivity contribution in [3.8, 4) is 0 Å². The molecule has 9 atom stereocenters. The maximum absolute atomic E-state index is 14.2. The molecule has 2 amide bonds. The lowest BCUT2D eigenvalue weighted by atomic mass is 9.55. The summed E-state index contributed by atoms with van der Waals surface area (Å²) < 4.78 is 37.3. The summed E-state index contributed by atoms with van der Waals surface area (Å²) in [6.07, 6.45) is 1.47. The van der Waals surface area contributed by atoms with Crippen molar-refractivity contribution >= 4 is 82.9 Å². The van der Waals surface area contributed by atoms with Gasteiger partial charge in [0.05, 0.1) is 86.7 Å². The predicted octanol–water partition coefficient (Wildman–Crippen LogP) is 4.87. The zero-order valence-electron chi connectivity index (χ0n) is 54.8. The van der Waals surface area contributed by atoms with Gasteiger partial charge in [-0.3, -0.25) is 67.8 Å². The quantitative estimate of drug-likeness (QED) is 0.0351. The lowest BCUT2D eigenvalue weighted by Gasteiger charge is -2.48. The lowest BCUT2D eigenvalue weighted by Crippen LogP contribution is -2.55.